The lowest BCUT2D eigenvalue weighted by Gasteiger charge is -2.16. The lowest BCUT2D eigenvalue weighted by molar-refractivity contribution is -0.119. The Hall–Kier alpha value is -2.34. The molecular formula is C18H20N2O3S. The van der Waals surface area contributed by atoms with Gasteiger partial charge in [0.15, 0.2) is 0 Å². The molecule has 0 spiro atoms. The van der Waals surface area contributed by atoms with Crippen LogP contribution in [-0.4, -0.2) is 14.3 Å². The second kappa shape index (κ2) is 5.63. The standard InChI is InChI=1S/C18H20N2O3S/c1-12-5-4-6-13(9-12)11-24(22,23)20-14-7-8-16-15(10-14)18(2,3)17(21)19-16/h4-10,20H,11H2,1-3H3,(H,19,21). The first-order valence-corrected chi connectivity index (χ1v) is 9.35. The Morgan fingerprint density at radius 1 is 1.12 bits per heavy atom. The maximum atomic E-state index is 12.4. The average molecular weight is 344 g/mol. The summed E-state index contributed by atoms with van der Waals surface area (Å²) in [5.41, 5.74) is 3.07. The monoisotopic (exact) mass is 344 g/mol. The molecule has 6 heteroatoms. The molecule has 0 saturated carbocycles. The third-order valence-electron chi connectivity index (χ3n) is 4.22. The van der Waals surface area contributed by atoms with Gasteiger partial charge in [-0.15, -0.1) is 0 Å². The lowest BCUT2D eigenvalue weighted by atomic mass is 9.86. The van der Waals surface area contributed by atoms with Gasteiger partial charge in [-0.3, -0.25) is 9.52 Å². The number of amides is 1. The summed E-state index contributed by atoms with van der Waals surface area (Å²) in [5, 5.41) is 2.81. The van der Waals surface area contributed by atoms with Crippen LogP contribution < -0.4 is 10.0 Å². The molecule has 2 aromatic carbocycles. The number of hydrogen-bond donors (Lipinski definition) is 2. The molecule has 0 bridgehead atoms. The molecule has 2 N–H and O–H groups in total. The topological polar surface area (TPSA) is 75.3 Å². The van der Waals surface area contributed by atoms with Gasteiger partial charge in [0, 0.05) is 11.4 Å². The highest BCUT2D eigenvalue weighted by atomic mass is 32.2. The highest BCUT2D eigenvalue weighted by Gasteiger charge is 2.38. The van der Waals surface area contributed by atoms with E-state index in [2.05, 4.69) is 10.0 Å². The second-order valence-electron chi connectivity index (χ2n) is 6.69. The molecular weight excluding hydrogens is 324 g/mol. The number of benzene rings is 2. The van der Waals surface area contributed by atoms with Gasteiger partial charge in [0.2, 0.25) is 15.9 Å². The van der Waals surface area contributed by atoms with E-state index in [9.17, 15) is 13.2 Å². The summed E-state index contributed by atoms with van der Waals surface area (Å²) in [6.45, 7) is 5.56. The van der Waals surface area contributed by atoms with Crippen molar-refractivity contribution in [2.45, 2.75) is 31.9 Å². The molecule has 3 rings (SSSR count). The molecule has 0 atom stereocenters. The van der Waals surface area contributed by atoms with Crippen LogP contribution in [-0.2, 0) is 26.0 Å². The van der Waals surface area contributed by atoms with Gasteiger partial charge in [0.05, 0.1) is 11.2 Å². The van der Waals surface area contributed by atoms with Gasteiger partial charge in [-0.2, -0.15) is 0 Å². The van der Waals surface area contributed by atoms with Crippen LogP contribution in [0.15, 0.2) is 42.5 Å². The first-order valence-electron chi connectivity index (χ1n) is 7.69. The number of carbonyl (C=O) groups is 1. The molecule has 1 aliphatic heterocycles. The maximum absolute atomic E-state index is 12.4. The Balaban J connectivity index is 1.84. The van der Waals surface area contributed by atoms with E-state index in [1.165, 1.54) is 0 Å². The van der Waals surface area contributed by atoms with E-state index in [-0.39, 0.29) is 11.7 Å². The zero-order valence-corrected chi connectivity index (χ0v) is 14.7. The summed E-state index contributed by atoms with van der Waals surface area (Å²) in [5.74, 6) is -0.177. The fraction of sp³-hybridized carbons (Fsp3) is 0.278. The Bertz CT molecular complexity index is 918. The van der Waals surface area contributed by atoms with Gasteiger partial charge in [-0.1, -0.05) is 29.8 Å². The van der Waals surface area contributed by atoms with E-state index in [1.807, 2.05) is 39.0 Å². The van der Waals surface area contributed by atoms with Crippen LogP contribution >= 0.6 is 0 Å². The van der Waals surface area contributed by atoms with Crippen LogP contribution in [0.2, 0.25) is 0 Å². The van der Waals surface area contributed by atoms with Crippen molar-refractivity contribution in [1.82, 2.24) is 0 Å². The van der Waals surface area contributed by atoms with Crippen molar-refractivity contribution >= 4 is 27.3 Å². The van der Waals surface area contributed by atoms with Crippen LogP contribution in [0.4, 0.5) is 11.4 Å². The predicted octanol–water partition coefficient (Wildman–Crippen LogP) is 3.17. The van der Waals surface area contributed by atoms with Crippen molar-refractivity contribution in [3.05, 3.63) is 59.2 Å². The molecule has 0 aliphatic carbocycles. The first kappa shape index (κ1) is 16.5. The van der Waals surface area contributed by atoms with Crippen molar-refractivity contribution in [2.24, 2.45) is 0 Å². The van der Waals surface area contributed by atoms with Gasteiger partial charge in [0.1, 0.15) is 0 Å². The van der Waals surface area contributed by atoms with E-state index in [4.69, 9.17) is 0 Å². The predicted molar refractivity (Wildman–Crippen MR) is 95.5 cm³/mol. The zero-order chi connectivity index (χ0) is 17.5. The van der Waals surface area contributed by atoms with E-state index < -0.39 is 15.4 Å². The van der Waals surface area contributed by atoms with Crippen LogP contribution in [0.5, 0.6) is 0 Å². The smallest absolute Gasteiger partial charge is 0.236 e. The molecule has 126 valence electrons. The molecule has 0 fully saturated rings. The maximum Gasteiger partial charge on any atom is 0.236 e. The molecule has 0 aromatic heterocycles. The van der Waals surface area contributed by atoms with Gasteiger partial charge >= 0.3 is 0 Å². The van der Waals surface area contributed by atoms with Gasteiger partial charge in [-0.05, 0) is 50.1 Å². The zero-order valence-electron chi connectivity index (χ0n) is 13.9. The third kappa shape index (κ3) is 3.14. The highest BCUT2D eigenvalue weighted by Crippen LogP contribution is 2.38. The molecule has 0 saturated heterocycles. The van der Waals surface area contributed by atoms with Crippen molar-refractivity contribution in [3.63, 3.8) is 0 Å². The van der Waals surface area contributed by atoms with Crippen molar-refractivity contribution in [3.8, 4) is 0 Å². The van der Waals surface area contributed by atoms with Crippen LogP contribution in [0.3, 0.4) is 0 Å². The van der Waals surface area contributed by atoms with E-state index >= 15 is 0 Å². The van der Waals surface area contributed by atoms with Gasteiger partial charge in [0.25, 0.3) is 0 Å². The lowest BCUT2D eigenvalue weighted by Crippen LogP contribution is -2.27. The van der Waals surface area contributed by atoms with Crippen molar-refractivity contribution in [2.75, 3.05) is 10.0 Å². The number of fused-ring (bicyclic) bond motifs is 1. The summed E-state index contributed by atoms with van der Waals surface area (Å²) >= 11 is 0. The van der Waals surface area contributed by atoms with Gasteiger partial charge in [-0.25, -0.2) is 8.42 Å². The molecule has 5 nitrogen and oxygen atoms in total. The summed E-state index contributed by atoms with van der Waals surface area (Å²) in [6, 6.07) is 12.5. The largest absolute Gasteiger partial charge is 0.325 e. The minimum absolute atomic E-state index is 0.0859. The minimum Gasteiger partial charge on any atom is -0.325 e. The van der Waals surface area contributed by atoms with Crippen molar-refractivity contribution in [1.29, 1.82) is 0 Å². The molecule has 2 aromatic rings. The number of nitrogens with one attached hydrogen (secondary N) is 2. The number of carbonyl (C=O) groups excluding carboxylic acids is 1. The fourth-order valence-electron chi connectivity index (χ4n) is 2.87. The first-order chi connectivity index (χ1) is 11.2. The SMILES string of the molecule is Cc1cccc(CS(=O)(=O)Nc2ccc3c(c2)C(C)(C)C(=O)N3)c1. The Morgan fingerprint density at radius 3 is 2.58 bits per heavy atom. The Kier molecular flexibility index (Phi) is 3.87. The van der Waals surface area contributed by atoms with Crippen LogP contribution in [0, 0.1) is 6.92 Å². The molecule has 0 unspecified atom stereocenters. The number of hydrogen-bond acceptors (Lipinski definition) is 3. The quantitative estimate of drug-likeness (QED) is 0.894. The fourth-order valence-corrected chi connectivity index (χ4v) is 4.05. The summed E-state index contributed by atoms with van der Waals surface area (Å²) in [4.78, 5) is 12.0. The molecule has 1 aliphatic rings. The Labute approximate surface area is 142 Å². The molecule has 1 heterocycles. The minimum atomic E-state index is -3.53. The van der Waals surface area contributed by atoms with Gasteiger partial charge < -0.3 is 5.32 Å². The highest BCUT2D eigenvalue weighted by molar-refractivity contribution is 7.91. The van der Waals surface area contributed by atoms with Crippen LogP contribution in [0.1, 0.15) is 30.5 Å². The van der Waals surface area contributed by atoms with Crippen molar-refractivity contribution < 1.29 is 13.2 Å². The molecule has 0 radical (unpaired) electrons. The number of aryl methyl sites for hydroxylation is 1. The number of sulfonamides is 1. The summed E-state index contributed by atoms with van der Waals surface area (Å²) < 4.78 is 27.4. The normalized spacial score (nSPS) is 15.7. The third-order valence-corrected chi connectivity index (χ3v) is 5.48. The van der Waals surface area contributed by atoms with Crippen LogP contribution in [0.25, 0.3) is 0 Å². The Morgan fingerprint density at radius 2 is 1.88 bits per heavy atom. The number of rotatable bonds is 4. The second-order valence-corrected chi connectivity index (χ2v) is 8.41. The summed E-state index contributed by atoms with van der Waals surface area (Å²) in [6.07, 6.45) is 0. The molecule has 1 amide bonds. The van der Waals surface area contributed by atoms with E-state index in [1.54, 1.807) is 24.3 Å². The molecule has 24 heavy (non-hydrogen) atoms. The van der Waals surface area contributed by atoms with E-state index in [0.29, 0.717) is 5.69 Å². The summed E-state index contributed by atoms with van der Waals surface area (Å²) in [7, 11) is -3.53. The van der Waals surface area contributed by atoms with E-state index in [0.717, 1.165) is 22.4 Å². The average Bonchev–Trinajstić information content (AvgIpc) is 2.69. The number of anilines is 2.